The van der Waals surface area contributed by atoms with E-state index in [0.717, 1.165) is 55.2 Å². The van der Waals surface area contributed by atoms with Crippen LogP contribution < -0.4 is 20.9 Å². The largest absolute Gasteiger partial charge is 0.369 e. The zero-order valence-electron chi connectivity index (χ0n) is 24.4. The van der Waals surface area contributed by atoms with Crippen molar-refractivity contribution in [1.82, 2.24) is 4.90 Å². The van der Waals surface area contributed by atoms with E-state index >= 15 is 0 Å². The van der Waals surface area contributed by atoms with Gasteiger partial charge in [-0.05, 0) is 67.2 Å². The first-order chi connectivity index (χ1) is 21.7. The van der Waals surface area contributed by atoms with Gasteiger partial charge < -0.3 is 25.8 Å². The van der Waals surface area contributed by atoms with Gasteiger partial charge in [-0.1, -0.05) is 24.3 Å². The lowest BCUT2D eigenvalue weighted by molar-refractivity contribution is -0.115. The highest BCUT2D eigenvalue weighted by molar-refractivity contribution is 6.15. The minimum Gasteiger partial charge on any atom is -0.369 e. The predicted octanol–water partition coefficient (Wildman–Crippen LogP) is 6.03. The number of piperazine rings is 1. The van der Waals surface area contributed by atoms with Gasteiger partial charge in [0, 0.05) is 72.3 Å². The van der Waals surface area contributed by atoms with Gasteiger partial charge in [-0.2, -0.15) is 0 Å². The normalized spacial score (nSPS) is 16.4. The number of urea groups is 1. The molecule has 11 heteroatoms. The van der Waals surface area contributed by atoms with E-state index in [2.05, 4.69) is 37.8 Å². The molecule has 1 saturated heterocycles. The molecule has 2 aliphatic rings. The van der Waals surface area contributed by atoms with Crippen LogP contribution in [0.1, 0.15) is 27.4 Å². The second-order valence-corrected chi connectivity index (χ2v) is 11.0. The highest BCUT2D eigenvalue weighted by atomic mass is 19.1. The van der Waals surface area contributed by atoms with E-state index in [4.69, 9.17) is 0 Å². The van der Waals surface area contributed by atoms with Gasteiger partial charge >= 0.3 is 6.03 Å². The zero-order valence-corrected chi connectivity index (χ0v) is 24.4. The molecule has 0 saturated carbocycles. The third kappa shape index (κ3) is 6.89. The second kappa shape index (κ2) is 12.7. The second-order valence-electron chi connectivity index (χ2n) is 11.0. The quantitative estimate of drug-likeness (QED) is 0.176. The molecule has 1 fully saturated rings. The summed E-state index contributed by atoms with van der Waals surface area (Å²) in [4.78, 5) is 47.7. The molecule has 0 spiro atoms. The molecule has 4 aromatic rings. The van der Waals surface area contributed by atoms with Crippen LogP contribution in [0.15, 0.2) is 89.9 Å². The smallest absolute Gasteiger partial charge is 0.323 e. The molecule has 9 nitrogen and oxygen atoms in total. The van der Waals surface area contributed by atoms with Gasteiger partial charge in [0.2, 0.25) is 5.91 Å². The van der Waals surface area contributed by atoms with Crippen molar-refractivity contribution in [3.63, 3.8) is 0 Å². The van der Waals surface area contributed by atoms with E-state index in [0.29, 0.717) is 28.6 Å². The van der Waals surface area contributed by atoms with Gasteiger partial charge in [0.25, 0.3) is 0 Å². The molecule has 0 bridgehead atoms. The average molecular weight is 609 g/mol. The first-order valence-electron chi connectivity index (χ1n) is 14.4. The number of fused-ring (bicyclic) bond motifs is 1. The molecular weight excluding hydrogens is 578 g/mol. The Morgan fingerprint density at radius 1 is 0.844 bits per heavy atom. The minimum absolute atomic E-state index is 0.0557. The molecule has 4 aromatic carbocycles. The molecule has 2 heterocycles. The topological polar surface area (TPSA) is 106 Å². The van der Waals surface area contributed by atoms with Crippen molar-refractivity contribution in [3.8, 4) is 0 Å². The van der Waals surface area contributed by atoms with E-state index in [1.54, 1.807) is 42.6 Å². The first kappa shape index (κ1) is 29.6. The number of anilines is 4. The Balaban J connectivity index is 1.11. The van der Waals surface area contributed by atoms with Crippen molar-refractivity contribution < 1.29 is 23.2 Å². The highest BCUT2D eigenvalue weighted by Crippen LogP contribution is 2.33. The predicted molar refractivity (Wildman–Crippen MR) is 171 cm³/mol. The number of nitrogens with one attached hydrogen (secondary N) is 3. The summed E-state index contributed by atoms with van der Waals surface area (Å²) in [5, 5.41) is 7.76. The van der Waals surface area contributed by atoms with Gasteiger partial charge in [0.05, 0.1) is 5.69 Å². The summed E-state index contributed by atoms with van der Waals surface area (Å²) in [6.07, 6.45) is 1.62. The fraction of sp³-hybridized carbons (Fsp3) is 0.176. The number of likely N-dealkylation sites (N-methyl/N-ethyl adjacent to an activating group) is 1. The van der Waals surface area contributed by atoms with E-state index in [1.165, 1.54) is 6.07 Å². The summed E-state index contributed by atoms with van der Waals surface area (Å²) in [6.45, 7) is 4.00. The molecule has 1 unspecified atom stereocenters. The zero-order chi connectivity index (χ0) is 31.5. The number of carbonyl (C=O) groups excluding carboxylic acids is 3. The number of ketones is 1. The Hall–Kier alpha value is -5.42. The van der Waals surface area contributed by atoms with Crippen molar-refractivity contribution >= 4 is 52.4 Å². The number of amides is 3. The Bertz CT molecular complexity index is 1780. The van der Waals surface area contributed by atoms with Gasteiger partial charge in [-0.15, -0.1) is 0 Å². The van der Waals surface area contributed by atoms with Gasteiger partial charge in [-0.3, -0.25) is 14.6 Å². The number of aliphatic imine (C=N–C) groups is 1. The van der Waals surface area contributed by atoms with E-state index in [9.17, 15) is 23.2 Å². The molecule has 3 N–H and O–H groups in total. The number of carbonyl (C=O) groups is 3. The van der Waals surface area contributed by atoms with Crippen molar-refractivity contribution in [2.45, 2.75) is 5.92 Å². The van der Waals surface area contributed by atoms with Crippen LogP contribution in [0.2, 0.25) is 0 Å². The Morgan fingerprint density at radius 2 is 1.53 bits per heavy atom. The molecule has 2 aliphatic heterocycles. The molecule has 228 valence electrons. The van der Waals surface area contributed by atoms with Crippen LogP contribution in [0.25, 0.3) is 0 Å². The standard InChI is InChI=1S/C34H30F2N6O3/c1-41-11-13-42(14-12-41)28-8-6-25(7-9-28)37-20-30-29-10-5-22(16-31(29)40-33(30)44)32(43)21-3-2-4-26(15-21)38-34(45)39-27-18-23(35)17-24(36)19-27/h2-10,15-20,30H,11-14H2,1H3,(H,40,44)(H2,38,39,45). The Morgan fingerprint density at radius 3 is 2.27 bits per heavy atom. The maximum Gasteiger partial charge on any atom is 0.323 e. The van der Waals surface area contributed by atoms with Crippen LogP contribution in [-0.4, -0.2) is 62.1 Å². The summed E-state index contributed by atoms with van der Waals surface area (Å²) < 4.78 is 26.9. The third-order valence-corrected chi connectivity index (χ3v) is 7.78. The van der Waals surface area contributed by atoms with Crippen LogP contribution in [0.3, 0.4) is 0 Å². The van der Waals surface area contributed by atoms with Crippen LogP contribution in [0.5, 0.6) is 0 Å². The van der Waals surface area contributed by atoms with Crippen LogP contribution in [0, 0.1) is 11.6 Å². The fourth-order valence-electron chi connectivity index (χ4n) is 5.38. The fourth-order valence-corrected chi connectivity index (χ4v) is 5.38. The van der Waals surface area contributed by atoms with E-state index < -0.39 is 23.6 Å². The molecule has 45 heavy (non-hydrogen) atoms. The highest BCUT2D eigenvalue weighted by Gasteiger charge is 2.30. The Kier molecular flexibility index (Phi) is 8.35. The van der Waals surface area contributed by atoms with Crippen molar-refractivity contribution in [1.29, 1.82) is 0 Å². The van der Waals surface area contributed by atoms with Gasteiger partial charge in [0.15, 0.2) is 5.78 Å². The number of rotatable bonds is 7. The van der Waals surface area contributed by atoms with Crippen molar-refractivity contribution in [3.05, 3.63) is 113 Å². The van der Waals surface area contributed by atoms with E-state index in [1.807, 2.05) is 24.3 Å². The summed E-state index contributed by atoms with van der Waals surface area (Å²) in [6, 6.07) is 21.2. The number of hydrogen-bond acceptors (Lipinski definition) is 6. The summed E-state index contributed by atoms with van der Waals surface area (Å²) in [7, 11) is 2.12. The monoisotopic (exact) mass is 608 g/mol. The SMILES string of the molecule is CN1CCN(c2ccc(N=CC3C(=O)Nc4cc(C(=O)c5cccc(NC(=O)Nc6cc(F)cc(F)c6)c5)ccc43)cc2)CC1. The number of benzene rings is 4. The van der Waals surface area contributed by atoms with Crippen LogP contribution >= 0.6 is 0 Å². The maximum atomic E-state index is 13.4. The molecule has 3 amide bonds. The molecular formula is C34H30F2N6O3. The van der Waals surface area contributed by atoms with Crippen molar-refractivity contribution in [2.75, 3.05) is 54.1 Å². The summed E-state index contributed by atoms with van der Waals surface area (Å²) in [5.41, 5.74) is 4.03. The lowest BCUT2D eigenvalue weighted by Crippen LogP contribution is -2.44. The molecule has 6 rings (SSSR count). The Labute approximate surface area is 258 Å². The van der Waals surface area contributed by atoms with Crippen LogP contribution in [0.4, 0.5) is 42.0 Å². The third-order valence-electron chi connectivity index (χ3n) is 7.78. The summed E-state index contributed by atoms with van der Waals surface area (Å²) in [5.74, 6) is -2.80. The van der Waals surface area contributed by atoms with Crippen LogP contribution in [-0.2, 0) is 4.79 Å². The molecule has 1 atom stereocenters. The molecule has 0 radical (unpaired) electrons. The van der Waals surface area contributed by atoms with Gasteiger partial charge in [0.1, 0.15) is 17.6 Å². The maximum absolute atomic E-state index is 13.4. The number of halogens is 2. The van der Waals surface area contributed by atoms with E-state index in [-0.39, 0.29) is 17.4 Å². The summed E-state index contributed by atoms with van der Waals surface area (Å²) >= 11 is 0. The average Bonchev–Trinajstić information content (AvgIpc) is 3.33. The van der Waals surface area contributed by atoms with Crippen molar-refractivity contribution in [2.24, 2.45) is 4.99 Å². The first-order valence-corrected chi connectivity index (χ1v) is 14.4. The number of nitrogens with zero attached hydrogens (tertiary/aromatic N) is 3. The lowest BCUT2D eigenvalue weighted by atomic mass is 9.97. The minimum atomic E-state index is -0.825. The number of hydrogen-bond donors (Lipinski definition) is 3. The lowest BCUT2D eigenvalue weighted by Gasteiger charge is -2.34. The molecule has 0 aliphatic carbocycles. The van der Waals surface area contributed by atoms with Gasteiger partial charge in [-0.25, -0.2) is 13.6 Å². The molecule has 0 aromatic heterocycles.